The standard InChI is InChI=1S/C17H24N2O2/c1-11-4-6-12(7-5-11)16(20)13-8-9-14-15(10-13)19(3)17(21)18(14)2/h8-12,16,20H,4-7H2,1-3H3. The van der Waals surface area contributed by atoms with Crippen molar-refractivity contribution < 1.29 is 5.11 Å². The van der Waals surface area contributed by atoms with Crippen LogP contribution in [0.3, 0.4) is 0 Å². The van der Waals surface area contributed by atoms with Gasteiger partial charge in [0.1, 0.15) is 0 Å². The molecular formula is C17H24N2O2. The second kappa shape index (κ2) is 5.34. The summed E-state index contributed by atoms with van der Waals surface area (Å²) in [4.78, 5) is 12.0. The molecule has 1 aromatic carbocycles. The highest BCUT2D eigenvalue weighted by atomic mass is 16.3. The molecule has 0 spiro atoms. The zero-order valence-electron chi connectivity index (χ0n) is 13.0. The largest absolute Gasteiger partial charge is 0.388 e. The predicted octanol–water partition coefficient (Wildman–Crippen LogP) is 2.74. The average Bonchev–Trinajstić information content (AvgIpc) is 2.72. The molecule has 1 saturated carbocycles. The molecule has 0 aliphatic heterocycles. The second-order valence-electron chi connectivity index (χ2n) is 6.61. The van der Waals surface area contributed by atoms with Crippen LogP contribution in [0.1, 0.15) is 44.3 Å². The van der Waals surface area contributed by atoms with Gasteiger partial charge in [0.2, 0.25) is 0 Å². The first-order valence-electron chi connectivity index (χ1n) is 7.82. The van der Waals surface area contributed by atoms with Crippen LogP contribution in [-0.2, 0) is 14.1 Å². The Hall–Kier alpha value is -1.55. The first kappa shape index (κ1) is 14.4. The lowest BCUT2D eigenvalue weighted by Gasteiger charge is -2.30. The summed E-state index contributed by atoms with van der Waals surface area (Å²) in [6.07, 6.45) is 4.17. The summed E-state index contributed by atoms with van der Waals surface area (Å²) in [5.41, 5.74) is 2.71. The highest BCUT2D eigenvalue weighted by molar-refractivity contribution is 5.76. The van der Waals surface area contributed by atoms with Gasteiger partial charge in [-0.05, 0) is 42.4 Å². The van der Waals surface area contributed by atoms with Crippen LogP contribution in [0.5, 0.6) is 0 Å². The number of hydrogen-bond donors (Lipinski definition) is 1. The van der Waals surface area contributed by atoms with Gasteiger partial charge >= 0.3 is 5.69 Å². The van der Waals surface area contributed by atoms with E-state index in [1.54, 1.807) is 23.2 Å². The van der Waals surface area contributed by atoms with E-state index in [1.807, 2.05) is 18.2 Å². The van der Waals surface area contributed by atoms with Crippen molar-refractivity contribution in [3.63, 3.8) is 0 Å². The Morgan fingerprint density at radius 1 is 1.10 bits per heavy atom. The number of aliphatic hydroxyl groups excluding tert-OH is 1. The number of imidazole rings is 1. The lowest BCUT2D eigenvalue weighted by molar-refractivity contribution is 0.0756. The normalized spacial score (nSPS) is 24.4. The molecule has 114 valence electrons. The van der Waals surface area contributed by atoms with Crippen LogP contribution >= 0.6 is 0 Å². The molecule has 0 bridgehead atoms. The molecule has 4 heteroatoms. The molecule has 0 amide bonds. The quantitative estimate of drug-likeness (QED) is 0.923. The Kier molecular flexibility index (Phi) is 3.66. The number of aliphatic hydroxyl groups is 1. The van der Waals surface area contributed by atoms with E-state index in [9.17, 15) is 9.90 Å². The van der Waals surface area contributed by atoms with Gasteiger partial charge in [-0.1, -0.05) is 25.8 Å². The zero-order valence-corrected chi connectivity index (χ0v) is 13.0. The molecular weight excluding hydrogens is 264 g/mol. The number of benzene rings is 1. The van der Waals surface area contributed by atoms with E-state index >= 15 is 0 Å². The number of nitrogens with zero attached hydrogens (tertiary/aromatic N) is 2. The molecule has 0 radical (unpaired) electrons. The molecule has 1 N–H and O–H groups in total. The monoisotopic (exact) mass is 288 g/mol. The van der Waals surface area contributed by atoms with Crippen molar-refractivity contribution in [1.29, 1.82) is 0 Å². The van der Waals surface area contributed by atoms with Crippen molar-refractivity contribution >= 4 is 11.0 Å². The summed E-state index contributed by atoms with van der Waals surface area (Å²) in [7, 11) is 3.56. The fourth-order valence-electron chi connectivity index (χ4n) is 3.58. The van der Waals surface area contributed by atoms with Gasteiger partial charge in [0, 0.05) is 14.1 Å². The number of aromatic nitrogens is 2. The number of aryl methyl sites for hydroxylation is 2. The molecule has 4 nitrogen and oxygen atoms in total. The zero-order chi connectivity index (χ0) is 15.1. The van der Waals surface area contributed by atoms with Gasteiger partial charge < -0.3 is 5.11 Å². The third kappa shape index (κ3) is 2.42. The van der Waals surface area contributed by atoms with Gasteiger partial charge in [-0.15, -0.1) is 0 Å². The predicted molar refractivity (Wildman–Crippen MR) is 84.2 cm³/mol. The van der Waals surface area contributed by atoms with Crippen LogP contribution < -0.4 is 5.69 Å². The molecule has 3 rings (SSSR count). The Bertz CT molecular complexity index is 705. The van der Waals surface area contributed by atoms with Crippen molar-refractivity contribution in [3.05, 3.63) is 34.2 Å². The van der Waals surface area contributed by atoms with Crippen LogP contribution in [0.15, 0.2) is 23.0 Å². The third-order valence-corrected chi connectivity index (χ3v) is 5.14. The average molecular weight is 288 g/mol. The molecule has 2 aromatic rings. The SMILES string of the molecule is CC1CCC(C(O)c2ccc3c(c2)n(C)c(=O)n3C)CC1. The minimum atomic E-state index is -0.419. The minimum absolute atomic E-state index is 0.0249. The topological polar surface area (TPSA) is 47.2 Å². The molecule has 1 unspecified atom stereocenters. The van der Waals surface area contributed by atoms with Crippen molar-refractivity contribution in [2.45, 2.75) is 38.7 Å². The maximum atomic E-state index is 12.0. The van der Waals surface area contributed by atoms with Crippen LogP contribution in [0, 0.1) is 11.8 Å². The Morgan fingerprint density at radius 2 is 1.71 bits per heavy atom. The van der Waals surface area contributed by atoms with Crippen molar-refractivity contribution in [3.8, 4) is 0 Å². The molecule has 1 atom stereocenters. The van der Waals surface area contributed by atoms with E-state index in [-0.39, 0.29) is 5.69 Å². The summed E-state index contributed by atoms with van der Waals surface area (Å²) < 4.78 is 3.29. The molecule has 1 fully saturated rings. The second-order valence-corrected chi connectivity index (χ2v) is 6.61. The van der Waals surface area contributed by atoms with E-state index in [2.05, 4.69) is 6.92 Å². The molecule has 1 aromatic heterocycles. The summed E-state index contributed by atoms with van der Waals surface area (Å²) in [5, 5.41) is 10.7. The summed E-state index contributed by atoms with van der Waals surface area (Å²) >= 11 is 0. The summed E-state index contributed by atoms with van der Waals surface area (Å²) in [6.45, 7) is 2.29. The van der Waals surface area contributed by atoms with Crippen molar-refractivity contribution in [2.24, 2.45) is 25.9 Å². The fraction of sp³-hybridized carbons (Fsp3) is 0.588. The Labute approximate surface area is 125 Å². The summed E-state index contributed by atoms with van der Waals surface area (Å²) in [6, 6.07) is 5.88. The van der Waals surface area contributed by atoms with Crippen molar-refractivity contribution in [2.75, 3.05) is 0 Å². The fourth-order valence-corrected chi connectivity index (χ4v) is 3.58. The van der Waals surface area contributed by atoms with E-state index in [0.29, 0.717) is 5.92 Å². The number of hydrogen-bond acceptors (Lipinski definition) is 2. The van der Waals surface area contributed by atoms with Gasteiger partial charge in [0.25, 0.3) is 0 Å². The highest BCUT2D eigenvalue weighted by Crippen LogP contribution is 2.37. The molecule has 1 heterocycles. The number of rotatable bonds is 2. The van der Waals surface area contributed by atoms with Crippen LogP contribution in [0.2, 0.25) is 0 Å². The van der Waals surface area contributed by atoms with Crippen LogP contribution in [-0.4, -0.2) is 14.2 Å². The molecule has 1 aliphatic carbocycles. The maximum absolute atomic E-state index is 12.0. The maximum Gasteiger partial charge on any atom is 0.328 e. The first-order valence-corrected chi connectivity index (χ1v) is 7.82. The van der Waals surface area contributed by atoms with Gasteiger partial charge in [-0.2, -0.15) is 0 Å². The van der Waals surface area contributed by atoms with E-state index in [4.69, 9.17) is 0 Å². The van der Waals surface area contributed by atoms with Crippen molar-refractivity contribution in [1.82, 2.24) is 9.13 Å². The molecule has 0 saturated heterocycles. The van der Waals surface area contributed by atoms with Crippen LogP contribution in [0.4, 0.5) is 0 Å². The van der Waals surface area contributed by atoms with Gasteiger partial charge in [0.05, 0.1) is 17.1 Å². The number of fused-ring (bicyclic) bond motifs is 1. The lowest BCUT2D eigenvalue weighted by atomic mass is 9.78. The Balaban J connectivity index is 1.94. The third-order valence-electron chi connectivity index (χ3n) is 5.14. The first-order chi connectivity index (χ1) is 9.99. The van der Waals surface area contributed by atoms with Gasteiger partial charge in [-0.3, -0.25) is 9.13 Å². The lowest BCUT2D eigenvalue weighted by Crippen LogP contribution is -2.19. The van der Waals surface area contributed by atoms with Gasteiger partial charge in [0.15, 0.2) is 0 Å². The van der Waals surface area contributed by atoms with Gasteiger partial charge in [-0.25, -0.2) is 4.79 Å². The molecule has 1 aliphatic rings. The summed E-state index contributed by atoms with van der Waals surface area (Å²) in [5.74, 6) is 1.13. The van der Waals surface area contributed by atoms with E-state index in [1.165, 1.54) is 12.8 Å². The smallest absolute Gasteiger partial charge is 0.328 e. The van der Waals surface area contributed by atoms with E-state index < -0.39 is 6.10 Å². The molecule has 21 heavy (non-hydrogen) atoms. The van der Waals surface area contributed by atoms with Crippen LogP contribution in [0.25, 0.3) is 11.0 Å². The minimum Gasteiger partial charge on any atom is -0.388 e. The van der Waals surface area contributed by atoms with E-state index in [0.717, 1.165) is 35.4 Å². The Morgan fingerprint density at radius 3 is 2.38 bits per heavy atom. The highest BCUT2D eigenvalue weighted by Gasteiger charge is 2.26.